The molecule has 2 aliphatic rings. The van der Waals surface area contributed by atoms with Gasteiger partial charge in [0.05, 0.1) is 34.4 Å². The Morgan fingerprint density at radius 3 is 1.96 bits per heavy atom. The first-order valence-corrected chi connectivity index (χ1v) is 15.2. The molecule has 0 saturated heterocycles. The van der Waals surface area contributed by atoms with Crippen LogP contribution in [0.3, 0.4) is 0 Å². The van der Waals surface area contributed by atoms with E-state index in [2.05, 4.69) is 4.98 Å². The van der Waals surface area contributed by atoms with Gasteiger partial charge in [0.25, 0.3) is 0 Å². The maximum absolute atomic E-state index is 14.5. The van der Waals surface area contributed by atoms with Crippen molar-refractivity contribution in [2.75, 3.05) is 12.3 Å². The van der Waals surface area contributed by atoms with Crippen molar-refractivity contribution < 1.29 is 56.0 Å². The van der Waals surface area contributed by atoms with Crippen molar-refractivity contribution in [1.82, 2.24) is 14.1 Å². The van der Waals surface area contributed by atoms with Gasteiger partial charge in [0.15, 0.2) is 46.6 Å². The number of hydrogen-bond acceptors (Lipinski definition) is 11. The number of carboxylic acid groups (broad SMARTS) is 1. The molecule has 0 radical (unpaired) electrons. The summed E-state index contributed by atoms with van der Waals surface area (Å²) in [4.78, 5) is 52.7. The topological polar surface area (TPSA) is 198 Å². The first-order valence-electron chi connectivity index (χ1n) is 15.2. The van der Waals surface area contributed by atoms with Gasteiger partial charge in [-0.15, -0.1) is 0 Å². The standard InChI is InChI=1S/C19H10F2N2O5.C16H8F2N2O5/c1-2-26-19(25)9-6-23-12-5-13-11(22-7-27-13)4-14(12)28-18-15(21)10(20)3-8(16(18)23)17(9)24;17-7-1-5-13-15(12(7)18)25-11-2-8(19)10(21)3-9(11)20(13)4-6(14(5)22)16(23)24/h3-7H,2H2,1H3;1-4,21H,19H2,(H,23,24). The predicted octanol–water partition coefficient (Wildman–Crippen LogP) is 6.05. The summed E-state index contributed by atoms with van der Waals surface area (Å²) in [5, 5.41) is 18.5. The molecule has 0 fully saturated rings. The quantitative estimate of drug-likeness (QED) is 0.0824. The Labute approximate surface area is 290 Å². The van der Waals surface area contributed by atoms with Crippen LogP contribution in [0.5, 0.6) is 28.7 Å². The molecule has 0 saturated carbocycles. The van der Waals surface area contributed by atoms with Crippen LogP contribution in [0.15, 0.2) is 69.2 Å². The molecule has 4 aromatic carbocycles. The molecule has 266 valence electrons. The van der Waals surface area contributed by atoms with Crippen molar-refractivity contribution in [2.45, 2.75) is 6.92 Å². The second kappa shape index (κ2) is 11.6. The number of anilines is 1. The van der Waals surface area contributed by atoms with Crippen molar-refractivity contribution in [3.8, 4) is 40.1 Å². The van der Waals surface area contributed by atoms with Crippen LogP contribution in [0.1, 0.15) is 27.6 Å². The molecule has 5 heterocycles. The minimum Gasteiger partial charge on any atom is -0.506 e. The van der Waals surface area contributed by atoms with Crippen molar-refractivity contribution in [3.63, 3.8) is 0 Å². The highest BCUT2D eigenvalue weighted by Gasteiger charge is 2.31. The average Bonchev–Trinajstić information content (AvgIpc) is 3.58. The fraction of sp³-hybridized carbons (Fsp3) is 0.0571. The summed E-state index contributed by atoms with van der Waals surface area (Å²) in [5.41, 5.74) is 4.00. The van der Waals surface area contributed by atoms with Gasteiger partial charge in [0, 0.05) is 36.7 Å². The molecule has 0 aliphatic carbocycles. The van der Waals surface area contributed by atoms with Crippen LogP contribution < -0.4 is 26.1 Å². The van der Waals surface area contributed by atoms with Crippen LogP contribution in [0, 0.1) is 23.3 Å². The maximum Gasteiger partial charge on any atom is 0.343 e. The average molecular weight is 731 g/mol. The fourth-order valence-corrected chi connectivity index (χ4v) is 6.09. The molecule has 18 heteroatoms. The van der Waals surface area contributed by atoms with Crippen LogP contribution in [-0.4, -0.2) is 42.9 Å². The molecule has 14 nitrogen and oxygen atoms in total. The van der Waals surface area contributed by atoms with Crippen LogP contribution >= 0.6 is 0 Å². The molecule has 0 spiro atoms. The van der Waals surface area contributed by atoms with E-state index in [1.807, 2.05) is 0 Å². The number of carbonyl (C=O) groups excluding carboxylic acids is 1. The van der Waals surface area contributed by atoms with E-state index in [1.165, 1.54) is 35.4 Å². The number of phenols is 1. The lowest BCUT2D eigenvalue weighted by atomic mass is 10.1. The van der Waals surface area contributed by atoms with Crippen molar-refractivity contribution >= 4 is 50.5 Å². The zero-order valence-electron chi connectivity index (χ0n) is 26.5. The van der Waals surface area contributed by atoms with E-state index in [9.17, 15) is 47.0 Å². The molecule has 3 aromatic heterocycles. The minimum absolute atomic E-state index is 0.00307. The number of pyridine rings is 2. The Kier molecular flexibility index (Phi) is 7.17. The lowest BCUT2D eigenvalue weighted by Gasteiger charge is -2.24. The predicted molar refractivity (Wildman–Crippen MR) is 176 cm³/mol. The van der Waals surface area contributed by atoms with Gasteiger partial charge in [-0.1, -0.05) is 0 Å². The number of aromatic hydroxyl groups is 1. The number of aromatic nitrogens is 3. The summed E-state index contributed by atoms with van der Waals surface area (Å²) < 4.78 is 80.3. The lowest BCUT2D eigenvalue weighted by molar-refractivity contribution is 0.0523. The highest BCUT2D eigenvalue weighted by Crippen LogP contribution is 2.45. The van der Waals surface area contributed by atoms with E-state index in [0.717, 1.165) is 16.8 Å². The van der Waals surface area contributed by atoms with Gasteiger partial charge in [-0.25, -0.2) is 23.4 Å². The molecular formula is C35H18F4N4O10. The number of fused-ring (bicyclic) bond motifs is 5. The van der Waals surface area contributed by atoms with Gasteiger partial charge < -0.3 is 43.7 Å². The normalized spacial score (nSPS) is 12.0. The highest BCUT2D eigenvalue weighted by atomic mass is 19.2. The second-order valence-corrected chi connectivity index (χ2v) is 11.5. The Bertz CT molecular complexity index is 2940. The molecular weight excluding hydrogens is 712 g/mol. The summed E-state index contributed by atoms with van der Waals surface area (Å²) in [6, 6.07) is 6.78. The van der Waals surface area contributed by atoms with E-state index in [-0.39, 0.29) is 62.6 Å². The molecule has 4 N–H and O–H groups in total. The summed E-state index contributed by atoms with van der Waals surface area (Å²) >= 11 is 0. The van der Waals surface area contributed by atoms with Crippen LogP contribution in [0.4, 0.5) is 23.2 Å². The highest BCUT2D eigenvalue weighted by molar-refractivity contribution is 5.98. The number of benzene rings is 4. The van der Waals surface area contributed by atoms with Gasteiger partial charge in [-0.05, 0) is 19.1 Å². The van der Waals surface area contributed by atoms with Gasteiger partial charge >= 0.3 is 11.9 Å². The van der Waals surface area contributed by atoms with Gasteiger partial charge in [0.1, 0.15) is 33.4 Å². The molecule has 0 atom stereocenters. The van der Waals surface area contributed by atoms with Crippen molar-refractivity contribution in [3.05, 3.63) is 110 Å². The number of ether oxygens (including phenoxy) is 3. The zero-order valence-corrected chi connectivity index (χ0v) is 26.5. The first kappa shape index (κ1) is 32.8. The van der Waals surface area contributed by atoms with Crippen molar-refractivity contribution in [2.24, 2.45) is 0 Å². The number of rotatable bonds is 3. The van der Waals surface area contributed by atoms with Gasteiger partial charge in [-0.2, -0.15) is 8.78 Å². The Balaban J connectivity index is 0.000000152. The molecule has 9 rings (SSSR count). The van der Waals surface area contributed by atoms with Crippen molar-refractivity contribution in [1.29, 1.82) is 0 Å². The Morgan fingerprint density at radius 1 is 0.830 bits per heavy atom. The largest absolute Gasteiger partial charge is 0.506 e. The number of aromatic carboxylic acids is 1. The van der Waals surface area contributed by atoms with E-state index < -0.39 is 63.1 Å². The van der Waals surface area contributed by atoms with Crippen LogP contribution in [-0.2, 0) is 4.74 Å². The number of halogens is 4. The number of nitrogens with two attached hydrogens (primary N) is 1. The molecule has 53 heavy (non-hydrogen) atoms. The second-order valence-electron chi connectivity index (χ2n) is 11.5. The van der Waals surface area contributed by atoms with E-state index in [4.69, 9.17) is 24.4 Å². The molecule has 0 amide bonds. The SMILES string of the molecule is CCOC(=O)c1cn2c3c(c(F)c(F)cc3c1=O)Oc1cc3ncoc3cc1-2.Nc1cc2c(cc1O)-n1cc(C(=O)O)c(=O)c3cc(F)c(F)c(c31)O2. The number of carbonyl (C=O) groups is 2. The minimum atomic E-state index is -1.53. The molecule has 0 unspecified atom stereocenters. The monoisotopic (exact) mass is 730 g/mol. The zero-order chi connectivity index (χ0) is 37.6. The number of esters is 1. The lowest BCUT2D eigenvalue weighted by Crippen LogP contribution is -2.22. The number of carboxylic acids is 1. The number of oxazole rings is 1. The third kappa shape index (κ3) is 4.83. The third-order valence-corrected chi connectivity index (χ3v) is 8.47. The summed E-state index contributed by atoms with van der Waals surface area (Å²) in [6.45, 7) is 1.65. The van der Waals surface area contributed by atoms with Crippen LogP contribution in [0.2, 0.25) is 0 Å². The number of hydrogen-bond donors (Lipinski definition) is 3. The van der Waals surface area contributed by atoms with Gasteiger partial charge in [0.2, 0.25) is 22.5 Å². The Morgan fingerprint density at radius 2 is 1.38 bits per heavy atom. The van der Waals surface area contributed by atoms with E-state index >= 15 is 0 Å². The summed E-state index contributed by atoms with van der Waals surface area (Å²) in [7, 11) is 0. The maximum atomic E-state index is 14.5. The summed E-state index contributed by atoms with van der Waals surface area (Å²) in [5.74, 6) is -8.80. The molecule has 2 aliphatic heterocycles. The van der Waals surface area contributed by atoms with Gasteiger partial charge in [-0.3, -0.25) is 9.59 Å². The smallest absolute Gasteiger partial charge is 0.343 e. The Hall–Kier alpha value is -7.37. The van der Waals surface area contributed by atoms with E-state index in [1.54, 1.807) is 13.0 Å². The number of phenolic OH excluding ortho intramolecular Hbond substituents is 1. The van der Waals surface area contributed by atoms with E-state index in [0.29, 0.717) is 22.9 Å². The molecule has 7 aromatic rings. The first-order chi connectivity index (χ1) is 25.3. The third-order valence-electron chi connectivity index (χ3n) is 8.47. The fourth-order valence-electron chi connectivity index (χ4n) is 6.09. The molecule has 0 bridgehead atoms. The number of nitrogens with zero attached hydrogens (tertiary/aromatic N) is 3. The number of nitrogen functional groups attached to an aromatic ring is 1. The summed E-state index contributed by atoms with van der Waals surface area (Å²) in [6.07, 6.45) is 3.42. The van der Waals surface area contributed by atoms with Crippen LogP contribution in [0.25, 0.3) is 44.3 Å².